The number of hydrogen-bond donors (Lipinski definition) is 1. The molecule has 0 unspecified atom stereocenters. The van der Waals surface area contributed by atoms with Gasteiger partial charge in [0.25, 0.3) is 0 Å². The average molecular weight is 361 g/mol. The maximum atomic E-state index is 5.82. The van der Waals surface area contributed by atoms with Gasteiger partial charge in [-0.15, -0.1) is 0 Å². The second-order valence-corrected chi connectivity index (χ2v) is 6.59. The van der Waals surface area contributed by atoms with E-state index in [1.807, 2.05) is 60.7 Å². The summed E-state index contributed by atoms with van der Waals surface area (Å²) < 4.78 is 5.82. The Morgan fingerprint density at radius 1 is 0.852 bits per heavy atom. The number of para-hydroxylation sites is 1. The first-order valence-electron chi connectivity index (χ1n) is 9.13. The first-order chi connectivity index (χ1) is 13.3. The topological polar surface area (TPSA) is 53.5 Å². The van der Waals surface area contributed by atoms with Gasteiger partial charge in [-0.05, 0) is 49.5 Å². The van der Waals surface area contributed by atoms with Gasteiger partial charge in [-0.1, -0.05) is 18.2 Å². The fraction of sp³-hybridized carbons (Fsp3) is 0.238. The lowest BCUT2D eigenvalue weighted by atomic mass is 10.3. The summed E-state index contributed by atoms with van der Waals surface area (Å²) in [5.41, 5.74) is 0.922. The highest BCUT2D eigenvalue weighted by atomic mass is 16.5. The third-order valence-electron chi connectivity index (χ3n) is 4.56. The number of hydrogen-bond acceptors (Lipinski definition) is 6. The second-order valence-electron chi connectivity index (χ2n) is 6.59. The lowest BCUT2D eigenvalue weighted by Crippen LogP contribution is -2.44. The molecule has 0 radical (unpaired) electrons. The molecule has 1 fully saturated rings. The van der Waals surface area contributed by atoms with E-state index in [9.17, 15) is 0 Å². The van der Waals surface area contributed by atoms with Crippen molar-refractivity contribution in [2.24, 2.45) is 0 Å². The summed E-state index contributed by atoms with van der Waals surface area (Å²) in [6, 6.07) is 19.5. The summed E-state index contributed by atoms with van der Waals surface area (Å²) in [4.78, 5) is 13.6. The molecule has 3 aromatic rings. The molecule has 1 saturated heterocycles. The standard InChI is InChI=1S/C21H23N5O/c1-25-13-15-26(16-14-25)20-11-12-22-21(24-20)23-17-7-9-19(10-8-17)27-18-5-3-2-4-6-18/h2-12H,13-16H2,1H3,(H,22,23,24). The van der Waals surface area contributed by atoms with Gasteiger partial charge in [0, 0.05) is 38.1 Å². The van der Waals surface area contributed by atoms with Gasteiger partial charge in [0.15, 0.2) is 0 Å². The van der Waals surface area contributed by atoms with Gasteiger partial charge in [-0.3, -0.25) is 0 Å². The van der Waals surface area contributed by atoms with Crippen molar-refractivity contribution >= 4 is 17.5 Å². The van der Waals surface area contributed by atoms with Crippen LogP contribution in [-0.4, -0.2) is 48.1 Å². The Balaban J connectivity index is 1.41. The Bertz CT molecular complexity index is 861. The van der Waals surface area contributed by atoms with Crippen LogP contribution in [0.2, 0.25) is 0 Å². The van der Waals surface area contributed by atoms with E-state index in [4.69, 9.17) is 4.74 Å². The molecule has 1 aliphatic rings. The summed E-state index contributed by atoms with van der Waals surface area (Å²) in [6.07, 6.45) is 1.80. The summed E-state index contributed by atoms with van der Waals surface area (Å²) in [7, 11) is 2.15. The lowest BCUT2D eigenvalue weighted by Gasteiger charge is -2.33. The molecule has 0 aliphatic carbocycles. The Morgan fingerprint density at radius 3 is 2.30 bits per heavy atom. The molecule has 138 valence electrons. The Morgan fingerprint density at radius 2 is 1.56 bits per heavy atom. The third-order valence-corrected chi connectivity index (χ3v) is 4.56. The minimum absolute atomic E-state index is 0.600. The second kappa shape index (κ2) is 8.05. The number of benzene rings is 2. The molecule has 1 N–H and O–H groups in total. The van der Waals surface area contributed by atoms with Crippen molar-refractivity contribution < 1.29 is 4.74 Å². The number of anilines is 3. The molecule has 27 heavy (non-hydrogen) atoms. The van der Waals surface area contributed by atoms with E-state index in [0.29, 0.717) is 5.95 Å². The quantitative estimate of drug-likeness (QED) is 0.747. The summed E-state index contributed by atoms with van der Waals surface area (Å²) in [5, 5.41) is 3.27. The van der Waals surface area contributed by atoms with Crippen molar-refractivity contribution in [3.63, 3.8) is 0 Å². The number of nitrogens with zero attached hydrogens (tertiary/aromatic N) is 4. The van der Waals surface area contributed by atoms with Gasteiger partial charge in [0.05, 0.1) is 0 Å². The van der Waals surface area contributed by atoms with Crippen LogP contribution < -0.4 is 15.0 Å². The van der Waals surface area contributed by atoms with Gasteiger partial charge in [0.1, 0.15) is 17.3 Å². The molecule has 6 heteroatoms. The highest BCUT2D eigenvalue weighted by Crippen LogP contribution is 2.24. The molecule has 4 rings (SSSR count). The van der Waals surface area contributed by atoms with Gasteiger partial charge in [0.2, 0.25) is 5.95 Å². The zero-order chi connectivity index (χ0) is 18.5. The van der Waals surface area contributed by atoms with Crippen molar-refractivity contribution in [2.75, 3.05) is 43.4 Å². The molecule has 1 aromatic heterocycles. The molecule has 6 nitrogen and oxygen atoms in total. The van der Waals surface area contributed by atoms with Crippen LogP contribution >= 0.6 is 0 Å². The molecule has 0 saturated carbocycles. The number of nitrogens with one attached hydrogen (secondary N) is 1. The first kappa shape index (κ1) is 17.3. The van der Waals surface area contributed by atoms with Crippen molar-refractivity contribution in [1.29, 1.82) is 0 Å². The van der Waals surface area contributed by atoms with Gasteiger partial charge < -0.3 is 19.9 Å². The molecular formula is C21H23N5O. The van der Waals surface area contributed by atoms with Gasteiger partial charge in [-0.2, -0.15) is 4.98 Å². The molecule has 2 heterocycles. The first-order valence-corrected chi connectivity index (χ1v) is 9.13. The van der Waals surface area contributed by atoms with E-state index in [-0.39, 0.29) is 0 Å². The molecule has 0 amide bonds. The van der Waals surface area contributed by atoms with Crippen molar-refractivity contribution in [3.05, 3.63) is 66.9 Å². The summed E-state index contributed by atoms with van der Waals surface area (Å²) >= 11 is 0. The third kappa shape index (κ3) is 4.54. The van der Waals surface area contributed by atoms with E-state index in [0.717, 1.165) is 49.2 Å². The highest BCUT2D eigenvalue weighted by molar-refractivity contribution is 5.56. The zero-order valence-electron chi connectivity index (χ0n) is 15.4. The SMILES string of the molecule is CN1CCN(c2ccnc(Nc3ccc(Oc4ccccc4)cc3)n2)CC1. The largest absolute Gasteiger partial charge is 0.457 e. The van der Waals surface area contributed by atoms with Crippen LogP contribution in [0, 0.1) is 0 Å². The van der Waals surface area contributed by atoms with Gasteiger partial charge >= 0.3 is 0 Å². The van der Waals surface area contributed by atoms with Crippen LogP contribution in [0.5, 0.6) is 11.5 Å². The molecule has 0 atom stereocenters. The van der Waals surface area contributed by atoms with Crippen molar-refractivity contribution in [1.82, 2.24) is 14.9 Å². The number of rotatable bonds is 5. The Hall–Kier alpha value is -3.12. The summed E-state index contributed by atoms with van der Waals surface area (Å²) in [6.45, 7) is 4.07. The zero-order valence-corrected chi connectivity index (χ0v) is 15.4. The van der Waals surface area contributed by atoms with Gasteiger partial charge in [-0.25, -0.2) is 4.98 Å². The van der Waals surface area contributed by atoms with E-state index in [2.05, 4.69) is 32.1 Å². The Kier molecular flexibility index (Phi) is 5.16. The smallest absolute Gasteiger partial charge is 0.229 e. The monoisotopic (exact) mass is 361 g/mol. The Labute approximate surface area is 159 Å². The maximum absolute atomic E-state index is 5.82. The molecule has 1 aliphatic heterocycles. The minimum Gasteiger partial charge on any atom is -0.457 e. The van der Waals surface area contributed by atoms with Crippen LogP contribution in [0.25, 0.3) is 0 Å². The average Bonchev–Trinajstić information content (AvgIpc) is 2.71. The van der Waals surface area contributed by atoms with Crippen LogP contribution in [-0.2, 0) is 0 Å². The highest BCUT2D eigenvalue weighted by Gasteiger charge is 2.15. The number of piperazine rings is 1. The van der Waals surface area contributed by atoms with Crippen LogP contribution in [0.15, 0.2) is 66.9 Å². The molecule has 0 spiro atoms. The van der Waals surface area contributed by atoms with E-state index >= 15 is 0 Å². The molecular weight excluding hydrogens is 338 g/mol. The minimum atomic E-state index is 0.600. The number of aromatic nitrogens is 2. The normalized spacial score (nSPS) is 14.8. The number of ether oxygens (including phenoxy) is 1. The van der Waals surface area contributed by atoms with Crippen LogP contribution in [0.4, 0.5) is 17.5 Å². The van der Waals surface area contributed by atoms with Crippen LogP contribution in [0.3, 0.4) is 0 Å². The van der Waals surface area contributed by atoms with Crippen molar-refractivity contribution in [3.8, 4) is 11.5 Å². The van der Waals surface area contributed by atoms with E-state index in [1.165, 1.54) is 0 Å². The predicted octanol–water partition coefficient (Wildman–Crippen LogP) is 3.76. The summed E-state index contributed by atoms with van der Waals surface area (Å²) in [5.74, 6) is 3.17. The van der Waals surface area contributed by atoms with Crippen LogP contribution in [0.1, 0.15) is 0 Å². The number of likely N-dealkylation sites (N-methyl/N-ethyl adjacent to an activating group) is 1. The van der Waals surface area contributed by atoms with E-state index in [1.54, 1.807) is 6.20 Å². The predicted molar refractivity (Wildman–Crippen MR) is 108 cm³/mol. The maximum Gasteiger partial charge on any atom is 0.229 e. The lowest BCUT2D eigenvalue weighted by molar-refractivity contribution is 0.312. The van der Waals surface area contributed by atoms with Crippen molar-refractivity contribution in [2.45, 2.75) is 0 Å². The fourth-order valence-electron chi connectivity index (χ4n) is 2.98. The van der Waals surface area contributed by atoms with E-state index < -0.39 is 0 Å². The molecule has 0 bridgehead atoms. The fourth-order valence-corrected chi connectivity index (χ4v) is 2.98. The molecule has 2 aromatic carbocycles.